The zero-order valence-electron chi connectivity index (χ0n) is 21.2. The third-order valence-corrected chi connectivity index (χ3v) is 7.57. The fraction of sp³-hybridized carbons (Fsp3) is 0.481. The van der Waals surface area contributed by atoms with Crippen molar-refractivity contribution in [2.45, 2.75) is 39.7 Å². The third-order valence-electron chi connectivity index (χ3n) is 7.57. The lowest BCUT2D eigenvalue weighted by molar-refractivity contribution is -0.303. The number of nitrogens with one attached hydrogen (secondary N) is 2. The van der Waals surface area contributed by atoms with Gasteiger partial charge in [-0.1, -0.05) is 48.9 Å². The van der Waals surface area contributed by atoms with Crippen LogP contribution < -0.4 is 10.6 Å². The summed E-state index contributed by atoms with van der Waals surface area (Å²) in [5.41, 5.74) is 1.39. The van der Waals surface area contributed by atoms with Gasteiger partial charge in [0, 0.05) is 24.1 Å². The molecule has 4 N–H and O–H groups in total. The lowest BCUT2D eigenvalue weighted by Crippen LogP contribution is -2.76. The topological polar surface area (TPSA) is 117 Å². The molecule has 1 saturated carbocycles. The van der Waals surface area contributed by atoms with E-state index in [-0.39, 0.29) is 0 Å². The molecule has 0 aliphatic heterocycles. The first kappa shape index (κ1) is 26.8. The maximum Gasteiger partial charge on any atom is 0.310 e. The molecule has 190 valence electrons. The van der Waals surface area contributed by atoms with Crippen LogP contribution in [0.1, 0.15) is 30.5 Å². The van der Waals surface area contributed by atoms with Gasteiger partial charge in [0.1, 0.15) is 6.23 Å². The SMILES string of the molecule is CNC(O)C1C(C)(C(=O)Nc2ccc(Cc3ccc(C)cc3)cc2)C(C(=O)OC)C1(C)C(O)OC. The van der Waals surface area contributed by atoms with Gasteiger partial charge in [0.15, 0.2) is 6.29 Å². The third kappa shape index (κ3) is 4.71. The molecule has 35 heavy (non-hydrogen) atoms. The predicted molar refractivity (Wildman–Crippen MR) is 132 cm³/mol. The second kappa shape index (κ2) is 10.5. The molecule has 2 aromatic rings. The van der Waals surface area contributed by atoms with Gasteiger partial charge < -0.3 is 25.0 Å². The smallest absolute Gasteiger partial charge is 0.310 e. The first-order chi connectivity index (χ1) is 16.5. The minimum Gasteiger partial charge on any atom is -0.469 e. The van der Waals surface area contributed by atoms with E-state index in [9.17, 15) is 19.8 Å². The highest BCUT2D eigenvalue weighted by Crippen LogP contribution is 2.67. The Hall–Kier alpha value is -2.78. The van der Waals surface area contributed by atoms with Crippen LogP contribution in [0.25, 0.3) is 0 Å². The first-order valence-corrected chi connectivity index (χ1v) is 11.6. The molecule has 0 bridgehead atoms. The summed E-state index contributed by atoms with van der Waals surface area (Å²) < 4.78 is 10.1. The Balaban J connectivity index is 1.86. The minimum absolute atomic E-state index is 0.459. The number of carbonyl (C=O) groups is 2. The summed E-state index contributed by atoms with van der Waals surface area (Å²) in [5, 5.41) is 27.0. The van der Waals surface area contributed by atoms with Crippen molar-refractivity contribution in [2.75, 3.05) is 26.6 Å². The summed E-state index contributed by atoms with van der Waals surface area (Å²) in [6.07, 6.45) is -1.82. The lowest BCUT2D eigenvalue weighted by atomic mass is 9.38. The number of hydrogen-bond donors (Lipinski definition) is 4. The Morgan fingerprint density at radius 1 is 1.00 bits per heavy atom. The molecular formula is C27H36N2O6. The highest BCUT2D eigenvalue weighted by Gasteiger charge is 2.76. The molecule has 6 unspecified atom stereocenters. The zero-order chi connectivity index (χ0) is 26.0. The Morgan fingerprint density at radius 3 is 2.03 bits per heavy atom. The molecule has 8 heteroatoms. The summed E-state index contributed by atoms with van der Waals surface area (Å²) in [5.74, 6) is -3.02. The highest BCUT2D eigenvalue weighted by atomic mass is 16.6. The van der Waals surface area contributed by atoms with Gasteiger partial charge in [-0.25, -0.2) is 0 Å². The van der Waals surface area contributed by atoms with Gasteiger partial charge in [-0.05, 0) is 50.6 Å². The van der Waals surface area contributed by atoms with E-state index in [1.54, 1.807) is 20.9 Å². The van der Waals surface area contributed by atoms with Gasteiger partial charge >= 0.3 is 5.97 Å². The molecule has 1 aliphatic carbocycles. The minimum atomic E-state index is -1.40. The fourth-order valence-corrected chi connectivity index (χ4v) is 5.74. The summed E-state index contributed by atoms with van der Waals surface area (Å²) in [7, 11) is 4.08. The van der Waals surface area contributed by atoms with Crippen molar-refractivity contribution in [3.05, 3.63) is 65.2 Å². The number of hydrogen-bond acceptors (Lipinski definition) is 7. The number of benzene rings is 2. The largest absolute Gasteiger partial charge is 0.469 e. The number of ether oxygens (including phenoxy) is 2. The van der Waals surface area contributed by atoms with Crippen LogP contribution in [0.4, 0.5) is 5.69 Å². The van der Waals surface area contributed by atoms with Crippen molar-refractivity contribution < 1.29 is 29.3 Å². The quantitative estimate of drug-likeness (QED) is 0.319. The summed E-state index contributed by atoms with van der Waals surface area (Å²) in [6.45, 7) is 5.27. The number of carbonyl (C=O) groups excluding carboxylic acids is 2. The normalized spacial score (nSPS) is 27.4. The van der Waals surface area contributed by atoms with Crippen LogP contribution in [-0.2, 0) is 25.5 Å². The van der Waals surface area contributed by atoms with Crippen LogP contribution in [0.3, 0.4) is 0 Å². The monoisotopic (exact) mass is 484 g/mol. The Morgan fingerprint density at radius 2 is 1.54 bits per heavy atom. The van der Waals surface area contributed by atoms with Gasteiger partial charge in [0.05, 0.1) is 18.4 Å². The molecule has 1 amide bonds. The van der Waals surface area contributed by atoms with Crippen molar-refractivity contribution in [3.8, 4) is 0 Å². The second-order valence-electron chi connectivity index (χ2n) is 9.72. The van der Waals surface area contributed by atoms with E-state index >= 15 is 0 Å². The van der Waals surface area contributed by atoms with Gasteiger partial charge in [-0.15, -0.1) is 0 Å². The van der Waals surface area contributed by atoms with Gasteiger partial charge in [0.2, 0.25) is 5.91 Å². The Bertz CT molecular complexity index is 1040. The summed E-state index contributed by atoms with van der Waals surface area (Å²) >= 11 is 0. The first-order valence-electron chi connectivity index (χ1n) is 11.6. The van der Waals surface area contributed by atoms with Crippen LogP contribution in [0.5, 0.6) is 0 Å². The number of methoxy groups -OCH3 is 2. The summed E-state index contributed by atoms with van der Waals surface area (Å²) in [6, 6.07) is 15.8. The van der Waals surface area contributed by atoms with E-state index in [0.29, 0.717) is 5.69 Å². The van der Waals surface area contributed by atoms with E-state index < -0.39 is 47.1 Å². The van der Waals surface area contributed by atoms with Gasteiger partial charge in [-0.2, -0.15) is 0 Å². The van der Waals surface area contributed by atoms with Gasteiger partial charge in [0.25, 0.3) is 0 Å². The standard InChI is InChI=1S/C27H36N2O6/c1-16-7-9-17(10-8-16)15-18-11-13-19(14-12-18)29-24(32)26(2)20(22(30)28-4)27(3,25(33)35-6)21(26)23(31)34-5/h7-14,20-22,25,28,30,33H,15H2,1-6H3,(H,29,32). The van der Waals surface area contributed by atoms with E-state index in [1.165, 1.54) is 25.3 Å². The molecule has 2 aromatic carbocycles. The van der Waals surface area contributed by atoms with E-state index in [1.807, 2.05) is 31.2 Å². The molecule has 0 radical (unpaired) electrons. The Kier molecular flexibility index (Phi) is 8.01. The van der Waals surface area contributed by atoms with Crippen molar-refractivity contribution in [2.24, 2.45) is 22.7 Å². The molecule has 1 fully saturated rings. The fourth-order valence-electron chi connectivity index (χ4n) is 5.74. The Labute approximate surface area is 206 Å². The molecule has 6 atom stereocenters. The number of aliphatic hydroxyl groups excluding tert-OH is 2. The molecule has 1 aliphatic rings. The van der Waals surface area contributed by atoms with Crippen LogP contribution in [0, 0.1) is 29.6 Å². The van der Waals surface area contributed by atoms with E-state index in [2.05, 4.69) is 34.9 Å². The molecular weight excluding hydrogens is 448 g/mol. The van der Waals surface area contributed by atoms with E-state index in [4.69, 9.17) is 9.47 Å². The number of amides is 1. The number of aryl methyl sites for hydroxylation is 1. The predicted octanol–water partition coefficient (Wildman–Crippen LogP) is 2.46. The number of rotatable bonds is 9. The van der Waals surface area contributed by atoms with Crippen molar-refractivity contribution in [1.82, 2.24) is 5.32 Å². The average molecular weight is 485 g/mol. The van der Waals surface area contributed by atoms with E-state index in [0.717, 1.165) is 12.0 Å². The number of aliphatic hydroxyl groups is 2. The van der Waals surface area contributed by atoms with Crippen molar-refractivity contribution >= 4 is 17.6 Å². The molecule has 0 saturated heterocycles. The van der Waals surface area contributed by atoms with Crippen LogP contribution in [0.2, 0.25) is 0 Å². The molecule has 0 aromatic heterocycles. The number of anilines is 1. The van der Waals surface area contributed by atoms with Gasteiger partial charge in [-0.3, -0.25) is 14.9 Å². The average Bonchev–Trinajstić information content (AvgIpc) is 2.85. The molecule has 3 rings (SSSR count). The zero-order valence-corrected chi connectivity index (χ0v) is 21.2. The summed E-state index contributed by atoms with van der Waals surface area (Å²) in [4.78, 5) is 26.4. The number of esters is 1. The van der Waals surface area contributed by atoms with Crippen LogP contribution in [-0.4, -0.2) is 55.9 Å². The van der Waals surface area contributed by atoms with Crippen molar-refractivity contribution in [1.29, 1.82) is 0 Å². The van der Waals surface area contributed by atoms with Crippen LogP contribution >= 0.6 is 0 Å². The highest BCUT2D eigenvalue weighted by molar-refractivity contribution is 6.00. The molecule has 8 nitrogen and oxygen atoms in total. The van der Waals surface area contributed by atoms with Crippen LogP contribution in [0.15, 0.2) is 48.5 Å². The maximum absolute atomic E-state index is 13.6. The molecule has 0 heterocycles. The lowest BCUT2D eigenvalue weighted by Gasteiger charge is -2.65. The van der Waals surface area contributed by atoms with Crippen molar-refractivity contribution in [3.63, 3.8) is 0 Å². The maximum atomic E-state index is 13.6. The second-order valence-corrected chi connectivity index (χ2v) is 9.72. The molecule has 0 spiro atoms.